The van der Waals surface area contributed by atoms with Crippen molar-refractivity contribution in [1.29, 1.82) is 0 Å². The zero-order chi connectivity index (χ0) is 14.0. The van der Waals surface area contributed by atoms with E-state index in [0.29, 0.717) is 5.92 Å². The van der Waals surface area contributed by atoms with Gasteiger partial charge in [0.2, 0.25) is 0 Å². The lowest BCUT2D eigenvalue weighted by atomic mass is 10.0. The molecule has 0 amide bonds. The van der Waals surface area contributed by atoms with Gasteiger partial charge in [-0.15, -0.1) is 0 Å². The highest BCUT2D eigenvalue weighted by atomic mass is 14.8. The van der Waals surface area contributed by atoms with Crippen LogP contribution in [0.2, 0.25) is 0 Å². The second-order valence-corrected chi connectivity index (χ2v) is 4.87. The number of benzene rings is 2. The first-order chi connectivity index (χ1) is 9.86. The highest BCUT2D eigenvalue weighted by Crippen LogP contribution is 2.13. The van der Waals surface area contributed by atoms with Gasteiger partial charge in [0.25, 0.3) is 0 Å². The molecule has 0 aliphatic carbocycles. The fourth-order valence-electron chi connectivity index (χ4n) is 1.99. The molecule has 2 aromatic carbocycles. The monoisotopic (exact) mass is 264 g/mol. The predicted octanol–water partition coefficient (Wildman–Crippen LogP) is 4.21. The van der Waals surface area contributed by atoms with E-state index >= 15 is 0 Å². The predicted molar refractivity (Wildman–Crippen MR) is 84.6 cm³/mol. The zero-order valence-corrected chi connectivity index (χ0v) is 11.9. The second kappa shape index (κ2) is 8.08. The molecule has 0 saturated heterocycles. The number of rotatable bonds is 6. The van der Waals surface area contributed by atoms with Gasteiger partial charge in [-0.2, -0.15) is 0 Å². The summed E-state index contributed by atoms with van der Waals surface area (Å²) in [6, 6.07) is 23.6. The van der Waals surface area contributed by atoms with Crippen molar-refractivity contribution in [3.05, 3.63) is 71.8 Å². The molecule has 0 aliphatic rings. The van der Waals surface area contributed by atoms with Crippen LogP contribution in [0.15, 0.2) is 70.6 Å². The van der Waals surface area contributed by atoms with E-state index in [4.69, 9.17) is 0 Å². The van der Waals surface area contributed by atoms with Crippen LogP contribution in [0.5, 0.6) is 0 Å². The van der Waals surface area contributed by atoms with Crippen molar-refractivity contribution < 1.29 is 0 Å². The van der Waals surface area contributed by atoms with E-state index in [1.165, 1.54) is 11.1 Å². The first-order valence-corrected chi connectivity index (χ1v) is 7.03. The minimum Gasteiger partial charge on any atom is -0.225 e. The molecule has 102 valence electrons. The molecule has 0 heterocycles. The maximum atomic E-state index is 4.26. The Morgan fingerprint density at radius 3 is 2.25 bits per heavy atom. The summed E-state index contributed by atoms with van der Waals surface area (Å²) < 4.78 is 0. The molecule has 1 unspecified atom stereocenters. The summed E-state index contributed by atoms with van der Waals surface area (Å²) in [6.07, 6.45) is 0.942. The summed E-state index contributed by atoms with van der Waals surface area (Å²) in [5.74, 6) is 0.410. The molecule has 1 atom stereocenters. The van der Waals surface area contributed by atoms with Crippen LogP contribution in [0, 0.1) is 0 Å². The molecule has 2 aromatic rings. The van der Waals surface area contributed by atoms with Crippen molar-refractivity contribution in [1.82, 2.24) is 0 Å². The number of hydrogen-bond donors (Lipinski definition) is 0. The van der Waals surface area contributed by atoms with Gasteiger partial charge in [-0.1, -0.05) is 67.6 Å². The zero-order valence-electron chi connectivity index (χ0n) is 11.9. The van der Waals surface area contributed by atoms with Crippen molar-refractivity contribution in [3.63, 3.8) is 0 Å². The van der Waals surface area contributed by atoms with Gasteiger partial charge in [-0.25, -0.2) is 9.98 Å². The summed E-state index contributed by atoms with van der Waals surface area (Å²) in [4.78, 5) is 8.48. The topological polar surface area (TPSA) is 24.7 Å². The van der Waals surface area contributed by atoms with E-state index in [-0.39, 0.29) is 0 Å². The van der Waals surface area contributed by atoms with Crippen molar-refractivity contribution in [3.8, 4) is 0 Å². The summed E-state index contributed by atoms with van der Waals surface area (Å²) >= 11 is 0. The quantitative estimate of drug-likeness (QED) is 0.698. The van der Waals surface area contributed by atoms with Gasteiger partial charge < -0.3 is 0 Å². The Kier molecular flexibility index (Phi) is 5.75. The third-order valence-electron chi connectivity index (χ3n) is 3.23. The van der Waals surface area contributed by atoms with E-state index in [2.05, 4.69) is 71.4 Å². The summed E-state index contributed by atoms with van der Waals surface area (Å²) in [6.45, 7) is 3.65. The van der Waals surface area contributed by atoms with E-state index in [9.17, 15) is 0 Å². The minimum absolute atomic E-state index is 0.410. The highest BCUT2D eigenvalue weighted by molar-refractivity contribution is 5.41. The first-order valence-electron chi connectivity index (χ1n) is 7.03. The number of nitrogens with zero attached hydrogens (tertiary/aromatic N) is 2. The van der Waals surface area contributed by atoms with E-state index in [1.54, 1.807) is 0 Å². The molecule has 0 radical (unpaired) electrons. The molecule has 2 nitrogen and oxygen atoms in total. The maximum absolute atomic E-state index is 4.26. The summed E-state index contributed by atoms with van der Waals surface area (Å²) in [5, 5.41) is 0. The second-order valence-electron chi connectivity index (χ2n) is 4.87. The maximum Gasteiger partial charge on any atom is 0.0892 e. The third-order valence-corrected chi connectivity index (χ3v) is 3.23. The molecule has 0 bridgehead atoms. The highest BCUT2D eigenvalue weighted by Gasteiger charge is 2.01. The molecule has 0 fully saturated rings. The van der Waals surface area contributed by atoms with Crippen molar-refractivity contribution in [2.75, 3.05) is 13.1 Å². The minimum atomic E-state index is 0.410. The van der Waals surface area contributed by atoms with Crippen LogP contribution in [0.4, 0.5) is 0 Å². The van der Waals surface area contributed by atoms with Crippen LogP contribution in [0.3, 0.4) is 0 Å². The average molecular weight is 264 g/mol. The van der Waals surface area contributed by atoms with Crippen molar-refractivity contribution in [2.24, 2.45) is 9.98 Å². The van der Waals surface area contributed by atoms with Crippen LogP contribution in [0.1, 0.15) is 24.0 Å². The standard InChI is InChI=1S/C18H20N2/c1-16(18-10-6-3-7-11-18)14-20-15-19-13-12-17-8-4-2-5-9-17/h2-11,16H,12-14H2,1H3. The van der Waals surface area contributed by atoms with Gasteiger partial charge in [0.15, 0.2) is 0 Å². The molecule has 0 N–H and O–H groups in total. The third kappa shape index (κ3) is 4.83. The molecule has 0 aromatic heterocycles. The van der Waals surface area contributed by atoms with Crippen molar-refractivity contribution >= 4 is 6.01 Å². The fraction of sp³-hybridized carbons (Fsp3) is 0.278. The van der Waals surface area contributed by atoms with E-state index < -0.39 is 0 Å². The molecule has 20 heavy (non-hydrogen) atoms. The van der Waals surface area contributed by atoms with Gasteiger partial charge in [0.05, 0.1) is 19.1 Å². The van der Waals surface area contributed by atoms with E-state index in [1.807, 2.05) is 12.1 Å². The van der Waals surface area contributed by atoms with Crippen LogP contribution >= 0.6 is 0 Å². The summed E-state index contributed by atoms with van der Waals surface area (Å²) in [7, 11) is 0. The Morgan fingerprint density at radius 1 is 0.900 bits per heavy atom. The molecule has 0 aliphatic heterocycles. The number of hydrogen-bond acceptors (Lipinski definition) is 2. The smallest absolute Gasteiger partial charge is 0.0892 e. The largest absolute Gasteiger partial charge is 0.225 e. The lowest BCUT2D eigenvalue weighted by Gasteiger charge is -2.06. The molecular formula is C18H20N2. The van der Waals surface area contributed by atoms with E-state index in [0.717, 1.165) is 19.5 Å². The fourth-order valence-corrected chi connectivity index (χ4v) is 1.99. The first kappa shape index (κ1) is 14.2. The average Bonchev–Trinajstić information content (AvgIpc) is 2.52. The lowest BCUT2D eigenvalue weighted by molar-refractivity contribution is 0.777. The van der Waals surface area contributed by atoms with Gasteiger partial charge in [-0.3, -0.25) is 0 Å². The molecule has 2 rings (SSSR count). The summed E-state index contributed by atoms with van der Waals surface area (Å²) in [5.41, 5.74) is 2.61. The van der Waals surface area contributed by atoms with Crippen LogP contribution in [-0.2, 0) is 6.42 Å². The Bertz CT molecular complexity index is 554. The molecular weight excluding hydrogens is 244 g/mol. The molecule has 0 saturated carbocycles. The van der Waals surface area contributed by atoms with Gasteiger partial charge >= 0.3 is 0 Å². The lowest BCUT2D eigenvalue weighted by Crippen LogP contribution is -1.96. The van der Waals surface area contributed by atoms with Crippen LogP contribution in [0.25, 0.3) is 0 Å². The van der Waals surface area contributed by atoms with Gasteiger partial charge in [0, 0.05) is 5.92 Å². The Morgan fingerprint density at radius 2 is 1.55 bits per heavy atom. The van der Waals surface area contributed by atoms with Crippen LogP contribution in [-0.4, -0.2) is 19.1 Å². The SMILES string of the molecule is CC(CN=C=NCCc1ccccc1)c1ccccc1. The van der Waals surface area contributed by atoms with Crippen LogP contribution < -0.4 is 0 Å². The van der Waals surface area contributed by atoms with Crippen molar-refractivity contribution in [2.45, 2.75) is 19.3 Å². The Hall–Kier alpha value is -2.18. The molecule has 0 spiro atoms. The molecule has 2 heteroatoms. The normalized spacial score (nSPS) is 11.4. The number of aliphatic imine (C=N–C) groups is 2. The van der Waals surface area contributed by atoms with Gasteiger partial charge in [0.1, 0.15) is 0 Å². The van der Waals surface area contributed by atoms with Gasteiger partial charge in [-0.05, 0) is 17.5 Å². The Balaban J connectivity index is 1.74. The Labute approximate surface area is 120 Å².